The first-order valence-corrected chi connectivity index (χ1v) is 11.2. The Bertz CT molecular complexity index is 778. The standard InChI is InChI=1S/C17H23N3O4S2/c1-24-8-2-7-18-16(21)9-12-3-5-13(6-4-12)19-17-20-14-10-26(22,23)11-15(14)25-17/h3-6,14-15H,2,7-11H2,1H3,(H,18,21)(H,19,20)/t14-,15-/m1/s1. The van der Waals surface area contributed by atoms with E-state index in [-0.39, 0.29) is 28.7 Å². The minimum absolute atomic E-state index is 0.00781. The first-order valence-electron chi connectivity index (χ1n) is 8.52. The molecule has 2 N–H and O–H groups in total. The van der Waals surface area contributed by atoms with Crippen molar-refractivity contribution in [1.82, 2.24) is 5.32 Å². The average Bonchev–Trinajstić information content (AvgIpc) is 3.06. The minimum atomic E-state index is -2.93. The Morgan fingerprint density at radius 2 is 2.08 bits per heavy atom. The van der Waals surface area contributed by atoms with Crippen LogP contribution < -0.4 is 10.6 Å². The van der Waals surface area contributed by atoms with E-state index in [1.165, 1.54) is 11.8 Å². The maximum atomic E-state index is 11.9. The van der Waals surface area contributed by atoms with Gasteiger partial charge in [0.15, 0.2) is 15.0 Å². The molecule has 3 rings (SSSR count). The molecule has 0 aliphatic carbocycles. The van der Waals surface area contributed by atoms with E-state index in [9.17, 15) is 13.2 Å². The average molecular weight is 398 g/mol. The highest BCUT2D eigenvalue weighted by Crippen LogP contribution is 2.34. The van der Waals surface area contributed by atoms with Crippen LogP contribution in [0, 0.1) is 0 Å². The molecule has 2 aliphatic rings. The Hall–Kier alpha value is -1.58. The number of thioether (sulfide) groups is 1. The number of benzene rings is 1. The Morgan fingerprint density at radius 1 is 1.31 bits per heavy atom. The number of carbonyl (C=O) groups excluding carboxylic acids is 1. The zero-order chi connectivity index (χ0) is 18.6. The number of aliphatic imine (C=N–C) groups is 1. The van der Waals surface area contributed by atoms with Crippen molar-refractivity contribution in [3.05, 3.63) is 29.8 Å². The van der Waals surface area contributed by atoms with Gasteiger partial charge in [0.2, 0.25) is 5.91 Å². The van der Waals surface area contributed by atoms with Gasteiger partial charge in [-0.25, -0.2) is 8.42 Å². The van der Waals surface area contributed by atoms with Gasteiger partial charge in [0.05, 0.1) is 24.0 Å². The topological polar surface area (TPSA) is 96.9 Å². The fourth-order valence-electron chi connectivity index (χ4n) is 2.94. The lowest BCUT2D eigenvalue weighted by atomic mass is 10.1. The zero-order valence-electron chi connectivity index (χ0n) is 14.6. The molecule has 2 aliphatic heterocycles. The molecule has 1 amide bonds. The van der Waals surface area contributed by atoms with E-state index in [0.29, 0.717) is 19.6 Å². The summed E-state index contributed by atoms with van der Waals surface area (Å²) in [5.74, 6) is 0.343. The molecule has 2 heterocycles. The van der Waals surface area contributed by atoms with Gasteiger partial charge in [0.25, 0.3) is 0 Å². The molecule has 0 aromatic heterocycles. The van der Waals surface area contributed by atoms with Crippen molar-refractivity contribution in [2.75, 3.05) is 37.1 Å². The predicted molar refractivity (Wildman–Crippen MR) is 105 cm³/mol. The van der Waals surface area contributed by atoms with Gasteiger partial charge in [-0.1, -0.05) is 23.9 Å². The van der Waals surface area contributed by atoms with E-state index >= 15 is 0 Å². The normalized spacial score (nSPS) is 23.3. The van der Waals surface area contributed by atoms with Gasteiger partial charge in [-0.2, -0.15) is 0 Å². The van der Waals surface area contributed by atoms with E-state index in [2.05, 4.69) is 15.6 Å². The number of sulfone groups is 1. The van der Waals surface area contributed by atoms with Crippen LogP contribution in [-0.2, 0) is 25.8 Å². The maximum absolute atomic E-state index is 11.9. The molecule has 0 saturated carbocycles. The molecule has 0 bridgehead atoms. The Balaban J connectivity index is 1.47. The molecule has 0 unspecified atom stereocenters. The number of carbonyl (C=O) groups is 1. The molecule has 7 nitrogen and oxygen atoms in total. The molecule has 1 fully saturated rings. The third-order valence-corrected chi connectivity index (χ3v) is 7.38. The number of hydrogen-bond donors (Lipinski definition) is 2. The van der Waals surface area contributed by atoms with Crippen molar-refractivity contribution in [1.29, 1.82) is 0 Å². The molecule has 1 aromatic carbocycles. The van der Waals surface area contributed by atoms with E-state index in [0.717, 1.165) is 22.8 Å². The van der Waals surface area contributed by atoms with E-state index in [1.807, 2.05) is 24.3 Å². The minimum Gasteiger partial charge on any atom is -0.385 e. The highest BCUT2D eigenvalue weighted by Gasteiger charge is 2.42. The molecular weight excluding hydrogens is 374 g/mol. The smallest absolute Gasteiger partial charge is 0.224 e. The predicted octanol–water partition coefficient (Wildman–Crippen LogP) is 1.06. The summed E-state index contributed by atoms with van der Waals surface area (Å²) in [7, 11) is -1.29. The van der Waals surface area contributed by atoms with Crippen LogP contribution in [-0.4, -0.2) is 62.6 Å². The van der Waals surface area contributed by atoms with Gasteiger partial charge in [0.1, 0.15) is 0 Å². The Kier molecular flexibility index (Phi) is 6.20. The van der Waals surface area contributed by atoms with Gasteiger partial charge in [-0.3, -0.25) is 9.79 Å². The quantitative estimate of drug-likeness (QED) is 0.668. The third-order valence-electron chi connectivity index (χ3n) is 4.24. The van der Waals surface area contributed by atoms with Crippen LogP contribution in [0.1, 0.15) is 12.0 Å². The number of amides is 1. The fourth-order valence-corrected chi connectivity index (χ4v) is 6.61. The molecule has 26 heavy (non-hydrogen) atoms. The molecule has 1 saturated heterocycles. The summed E-state index contributed by atoms with van der Waals surface area (Å²) in [4.78, 5) is 16.3. The van der Waals surface area contributed by atoms with Gasteiger partial charge in [-0.05, 0) is 24.1 Å². The van der Waals surface area contributed by atoms with Crippen molar-refractivity contribution in [2.24, 2.45) is 4.99 Å². The van der Waals surface area contributed by atoms with Crippen LogP contribution >= 0.6 is 11.8 Å². The number of fused-ring (bicyclic) bond motifs is 1. The number of ether oxygens (including phenoxy) is 1. The highest BCUT2D eigenvalue weighted by molar-refractivity contribution is 8.15. The second-order valence-electron chi connectivity index (χ2n) is 6.43. The first kappa shape index (κ1) is 19.2. The number of nitrogens with zero attached hydrogens (tertiary/aromatic N) is 1. The third kappa shape index (κ3) is 5.21. The SMILES string of the molecule is COCCCNC(=O)Cc1ccc(NC2=N[C@@H]3CS(=O)(=O)C[C@H]3S2)cc1. The van der Waals surface area contributed by atoms with E-state index < -0.39 is 9.84 Å². The van der Waals surface area contributed by atoms with E-state index in [4.69, 9.17) is 4.74 Å². The lowest BCUT2D eigenvalue weighted by Crippen LogP contribution is -2.26. The number of nitrogens with one attached hydrogen (secondary N) is 2. The molecular formula is C17H23N3O4S2. The van der Waals surface area contributed by atoms with Crippen molar-refractivity contribution in [3.63, 3.8) is 0 Å². The summed E-state index contributed by atoms with van der Waals surface area (Å²) in [6.07, 6.45) is 1.14. The van der Waals surface area contributed by atoms with Gasteiger partial charge in [-0.15, -0.1) is 0 Å². The second kappa shape index (κ2) is 8.41. The molecule has 2 atom stereocenters. The maximum Gasteiger partial charge on any atom is 0.224 e. The van der Waals surface area contributed by atoms with Crippen LogP contribution in [0.3, 0.4) is 0 Å². The summed E-state index contributed by atoms with van der Waals surface area (Å²) >= 11 is 1.49. The summed E-state index contributed by atoms with van der Waals surface area (Å²) in [5.41, 5.74) is 1.81. The number of rotatable bonds is 7. The van der Waals surface area contributed by atoms with Gasteiger partial charge < -0.3 is 15.4 Å². The summed E-state index contributed by atoms with van der Waals surface area (Å²) in [6, 6.07) is 7.49. The monoisotopic (exact) mass is 397 g/mol. The van der Waals surface area contributed by atoms with Gasteiger partial charge >= 0.3 is 0 Å². The lowest BCUT2D eigenvalue weighted by Gasteiger charge is -2.08. The second-order valence-corrected chi connectivity index (χ2v) is 9.81. The zero-order valence-corrected chi connectivity index (χ0v) is 16.2. The summed E-state index contributed by atoms with van der Waals surface area (Å²) < 4.78 is 28.1. The molecule has 0 spiro atoms. The Labute approximate surface area is 157 Å². The van der Waals surface area contributed by atoms with Crippen LogP contribution in [0.15, 0.2) is 29.3 Å². The summed E-state index contributed by atoms with van der Waals surface area (Å²) in [5, 5.41) is 6.89. The van der Waals surface area contributed by atoms with Crippen molar-refractivity contribution in [2.45, 2.75) is 24.1 Å². The number of amidine groups is 1. The molecule has 142 valence electrons. The first-order chi connectivity index (χ1) is 12.4. The van der Waals surface area contributed by atoms with Gasteiger partial charge in [0, 0.05) is 31.2 Å². The van der Waals surface area contributed by atoms with Crippen molar-refractivity contribution in [3.8, 4) is 0 Å². The van der Waals surface area contributed by atoms with E-state index in [1.54, 1.807) is 7.11 Å². The number of hydrogen-bond acceptors (Lipinski definition) is 7. The number of methoxy groups -OCH3 is 1. The van der Waals surface area contributed by atoms with Crippen molar-refractivity contribution >= 4 is 38.4 Å². The van der Waals surface area contributed by atoms with Crippen LogP contribution in [0.25, 0.3) is 0 Å². The molecule has 9 heteroatoms. The van der Waals surface area contributed by atoms with Crippen LogP contribution in [0.5, 0.6) is 0 Å². The largest absolute Gasteiger partial charge is 0.385 e. The Morgan fingerprint density at radius 3 is 2.77 bits per heavy atom. The van der Waals surface area contributed by atoms with Crippen LogP contribution in [0.2, 0.25) is 0 Å². The fraction of sp³-hybridized carbons (Fsp3) is 0.529. The highest BCUT2D eigenvalue weighted by atomic mass is 32.2. The lowest BCUT2D eigenvalue weighted by molar-refractivity contribution is -0.120. The van der Waals surface area contributed by atoms with Crippen LogP contribution in [0.4, 0.5) is 5.69 Å². The number of anilines is 1. The molecule has 1 aromatic rings. The van der Waals surface area contributed by atoms with Crippen molar-refractivity contribution < 1.29 is 17.9 Å². The summed E-state index contributed by atoms with van der Waals surface area (Å²) in [6.45, 7) is 1.25. The molecule has 0 radical (unpaired) electrons.